The molecule has 0 unspecified atom stereocenters. The first-order valence-electron chi connectivity index (χ1n) is 6.58. The molecule has 3 rings (SSSR count). The van der Waals surface area contributed by atoms with Crippen LogP contribution in [0.5, 0.6) is 0 Å². The lowest BCUT2D eigenvalue weighted by Gasteiger charge is -2.11. The van der Waals surface area contributed by atoms with Gasteiger partial charge in [0.1, 0.15) is 12.1 Å². The standard InChI is InChI=1S/C14H12FN5O2S/c1-10-7-12(5-6-14(10)20-9-16-18-19-20)17-23(21,22)13-4-2-3-11(15)8-13/h2-9,17H,1H3. The fraction of sp³-hybridized carbons (Fsp3) is 0.0714. The van der Waals surface area contributed by atoms with Crippen LogP contribution in [-0.4, -0.2) is 28.6 Å². The van der Waals surface area contributed by atoms with Crippen molar-refractivity contribution >= 4 is 15.7 Å². The van der Waals surface area contributed by atoms with Crippen molar-refractivity contribution < 1.29 is 12.8 Å². The summed E-state index contributed by atoms with van der Waals surface area (Å²) in [6.45, 7) is 1.80. The van der Waals surface area contributed by atoms with Crippen LogP contribution < -0.4 is 4.72 Å². The van der Waals surface area contributed by atoms with Gasteiger partial charge in [-0.25, -0.2) is 17.5 Å². The van der Waals surface area contributed by atoms with Gasteiger partial charge in [-0.15, -0.1) is 5.10 Å². The predicted octanol–water partition coefficient (Wildman–Crippen LogP) is 1.91. The van der Waals surface area contributed by atoms with Crippen molar-refractivity contribution in [2.45, 2.75) is 11.8 Å². The second-order valence-electron chi connectivity index (χ2n) is 4.82. The van der Waals surface area contributed by atoms with E-state index in [0.717, 1.165) is 17.3 Å². The smallest absolute Gasteiger partial charge is 0.261 e. The van der Waals surface area contributed by atoms with Gasteiger partial charge in [-0.05, 0) is 59.3 Å². The minimum Gasteiger partial charge on any atom is -0.280 e. The molecule has 0 aliphatic heterocycles. The van der Waals surface area contributed by atoms with Gasteiger partial charge in [-0.2, -0.15) is 0 Å². The van der Waals surface area contributed by atoms with Gasteiger partial charge in [0.2, 0.25) is 0 Å². The zero-order chi connectivity index (χ0) is 16.4. The highest BCUT2D eigenvalue weighted by Gasteiger charge is 2.15. The number of aryl methyl sites for hydroxylation is 1. The number of halogens is 1. The van der Waals surface area contributed by atoms with Gasteiger partial charge in [-0.1, -0.05) is 6.07 Å². The summed E-state index contributed by atoms with van der Waals surface area (Å²) in [6.07, 6.45) is 1.44. The molecule has 1 N–H and O–H groups in total. The third-order valence-corrected chi connectivity index (χ3v) is 4.53. The molecule has 0 spiro atoms. The largest absolute Gasteiger partial charge is 0.280 e. The highest BCUT2D eigenvalue weighted by molar-refractivity contribution is 7.92. The van der Waals surface area contributed by atoms with E-state index in [1.807, 2.05) is 0 Å². The molecule has 0 bridgehead atoms. The van der Waals surface area contributed by atoms with E-state index in [0.29, 0.717) is 5.69 Å². The summed E-state index contributed by atoms with van der Waals surface area (Å²) in [7, 11) is -3.86. The molecule has 118 valence electrons. The summed E-state index contributed by atoms with van der Waals surface area (Å²) in [6, 6.07) is 9.74. The van der Waals surface area contributed by atoms with Gasteiger partial charge in [0, 0.05) is 5.69 Å². The zero-order valence-corrected chi connectivity index (χ0v) is 12.8. The molecule has 0 radical (unpaired) electrons. The molecule has 0 aliphatic rings. The van der Waals surface area contributed by atoms with Crippen LogP contribution in [0.25, 0.3) is 5.69 Å². The summed E-state index contributed by atoms with van der Waals surface area (Å²) < 4.78 is 41.6. The summed E-state index contributed by atoms with van der Waals surface area (Å²) >= 11 is 0. The molecule has 7 nitrogen and oxygen atoms in total. The van der Waals surface area contributed by atoms with E-state index in [1.165, 1.54) is 29.2 Å². The Bertz CT molecular complexity index is 942. The van der Waals surface area contributed by atoms with Crippen LogP contribution in [0.2, 0.25) is 0 Å². The second-order valence-corrected chi connectivity index (χ2v) is 6.50. The monoisotopic (exact) mass is 333 g/mol. The minimum atomic E-state index is -3.86. The van der Waals surface area contributed by atoms with E-state index in [4.69, 9.17) is 0 Å². The van der Waals surface area contributed by atoms with Gasteiger partial charge in [0.05, 0.1) is 10.6 Å². The van der Waals surface area contributed by atoms with Crippen LogP contribution in [-0.2, 0) is 10.0 Å². The topological polar surface area (TPSA) is 89.8 Å². The van der Waals surface area contributed by atoms with E-state index in [-0.39, 0.29) is 4.90 Å². The van der Waals surface area contributed by atoms with Crippen LogP contribution in [0, 0.1) is 12.7 Å². The van der Waals surface area contributed by atoms with Gasteiger partial charge in [0.25, 0.3) is 10.0 Å². The molecule has 0 saturated carbocycles. The van der Waals surface area contributed by atoms with E-state index >= 15 is 0 Å². The van der Waals surface area contributed by atoms with Crippen LogP contribution in [0.1, 0.15) is 5.56 Å². The predicted molar refractivity (Wildman–Crippen MR) is 81.1 cm³/mol. The number of anilines is 1. The normalized spacial score (nSPS) is 11.4. The first kappa shape index (κ1) is 15.1. The van der Waals surface area contributed by atoms with E-state index in [1.54, 1.807) is 25.1 Å². The van der Waals surface area contributed by atoms with Gasteiger partial charge in [0.15, 0.2) is 0 Å². The average Bonchev–Trinajstić information content (AvgIpc) is 3.01. The van der Waals surface area contributed by atoms with Crippen LogP contribution in [0.4, 0.5) is 10.1 Å². The Morgan fingerprint density at radius 1 is 1.17 bits per heavy atom. The molecule has 0 saturated heterocycles. The van der Waals surface area contributed by atoms with Crippen LogP contribution in [0.3, 0.4) is 0 Å². The number of hydrogen-bond acceptors (Lipinski definition) is 5. The molecule has 1 aromatic heterocycles. The van der Waals surface area contributed by atoms with Gasteiger partial charge in [-0.3, -0.25) is 4.72 Å². The molecule has 9 heteroatoms. The molecular weight excluding hydrogens is 321 g/mol. The maximum absolute atomic E-state index is 13.2. The van der Waals surface area contributed by atoms with Crippen molar-refractivity contribution in [3.8, 4) is 5.69 Å². The minimum absolute atomic E-state index is 0.139. The third-order valence-electron chi connectivity index (χ3n) is 3.15. The Hall–Kier alpha value is -2.81. The zero-order valence-electron chi connectivity index (χ0n) is 12.0. The number of rotatable bonds is 4. The van der Waals surface area contributed by atoms with E-state index in [9.17, 15) is 12.8 Å². The maximum atomic E-state index is 13.2. The van der Waals surface area contributed by atoms with E-state index in [2.05, 4.69) is 20.2 Å². The van der Waals surface area contributed by atoms with Crippen LogP contribution >= 0.6 is 0 Å². The molecule has 1 heterocycles. The number of nitrogens with zero attached hydrogens (tertiary/aromatic N) is 4. The first-order valence-corrected chi connectivity index (χ1v) is 8.06. The number of sulfonamides is 1. The SMILES string of the molecule is Cc1cc(NS(=O)(=O)c2cccc(F)c2)ccc1-n1cnnn1. The molecule has 23 heavy (non-hydrogen) atoms. The summed E-state index contributed by atoms with van der Waals surface area (Å²) in [5.74, 6) is -0.613. The number of nitrogens with one attached hydrogen (secondary N) is 1. The second kappa shape index (κ2) is 5.76. The lowest BCUT2D eigenvalue weighted by Crippen LogP contribution is -2.13. The highest BCUT2D eigenvalue weighted by atomic mass is 32.2. The Morgan fingerprint density at radius 3 is 2.65 bits per heavy atom. The fourth-order valence-electron chi connectivity index (χ4n) is 2.10. The van der Waals surface area contributed by atoms with Crippen molar-refractivity contribution in [2.24, 2.45) is 0 Å². The Balaban J connectivity index is 1.90. The summed E-state index contributed by atoms with van der Waals surface area (Å²) in [4.78, 5) is -0.139. The maximum Gasteiger partial charge on any atom is 0.261 e. The van der Waals surface area contributed by atoms with Crippen molar-refractivity contribution in [1.82, 2.24) is 20.2 Å². The quantitative estimate of drug-likeness (QED) is 0.788. The molecule has 0 fully saturated rings. The first-order chi connectivity index (χ1) is 11.0. The molecule has 0 amide bonds. The number of aromatic nitrogens is 4. The number of tetrazole rings is 1. The number of benzene rings is 2. The highest BCUT2D eigenvalue weighted by Crippen LogP contribution is 2.21. The Labute approximate surface area is 131 Å². The Kier molecular flexibility index (Phi) is 3.78. The lowest BCUT2D eigenvalue weighted by atomic mass is 10.2. The molecular formula is C14H12FN5O2S. The third kappa shape index (κ3) is 3.19. The summed E-state index contributed by atoms with van der Waals surface area (Å²) in [5, 5.41) is 10.9. The molecule has 0 atom stereocenters. The van der Waals surface area contributed by atoms with Crippen molar-refractivity contribution in [3.05, 3.63) is 60.2 Å². The average molecular weight is 333 g/mol. The van der Waals surface area contributed by atoms with Crippen LogP contribution in [0.15, 0.2) is 53.7 Å². The van der Waals surface area contributed by atoms with Crippen molar-refractivity contribution in [1.29, 1.82) is 0 Å². The molecule has 3 aromatic rings. The molecule has 2 aromatic carbocycles. The van der Waals surface area contributed by atoms with Gasteiger partial charge >= 0.3 is 0 Å². The van der Waals surface area contributed by atoms with Gasteiger partial charge < -0.3 is 0 Å². The molecule has 0 aliphatic carbocycles. The summed E-state index contributed by atoms with van der Waals surface area (Å²) in [5.41, 5.74) is 1.86. The fourth-order valence-corrected chi connectivity index (χ4v) is 3.18. The van der Waals surface area contributed by atoms with Crippen molar-refractivity contribution in [2.75, 3.05) is 4.72 Å². The van der Waals surface area contributed by atoms with E-state index < -0.39 is 15.8 Å². The Morgan fingerprint density at radius 2 is 2.00 bits per heavy atom. The van der Waals surface area contributed by atoms with Crippen molar-refractivity contribution in [3.63, 3.8) is 0 Å². The lowest BCUT2D eigenvalue weighted by molar-refractivity contribution is 0.595. The number of hydrogen-bond donors (Lipinski definition) is 1.